The number of rotatable bonds is 7. The maximum atomic E-state index is 13.2. The van der Waals surface area contributed by atoms with Crippen molar-refractivity contribution in [2.24, 2.45) is 0 Å². The number of hydrogen-bond donors (Lipinski definition) is 1. The zero-order valence-electron chi connectivity index (χ0n) is 19.7. The molecule has 0 saturated carbocycles. The molecular formula is C27H31NO4S. The minimum Gasteiger partial charge on any atom is -0.508 e. The summed E-state index contributed by atoms with van der Waals surface area (Å²) >= 11 is 1.73. The molecule has 4 rings (SSSR count). The third-order valence-electron chi connectivity index (χ3n) is 6.39. The maximum Gasteiger partial charge on any atom is 0.254 e. The van der Waals surface area contributed by atoms with Crippen LogP contribution in [0, 0.1) is 0 Å². The van der Waals surface area contributed by atoms with E-state index >= 15 is 0 Å². The highest BCUT2D eigenvalue weighted by molar-refractivity contribution is 8.00. The average Bonchev–Trinajstić information content (AvgIpc) is 3.07. The van der Waals surface area contributed by atoms with Crippen LogP contribution in [0.4, 0.5) is 0 Å². The highest BCUT2D eigenvalue weighted by atomic mass is 32.2. The molecule has 2 aromatic carbocycles. The molecule has 6 heteroatoms. The van der Waals surface area contributed by atoms with Gasteiger partial charge in [0.2, 0.25) is 0 Å². The van der Waals surface area contributed by atoms with Crippen LogP contribution in [-0.2, 0) is 24.2 Å². The SMILES string of the molecule is COc1cc2c(c3c1CC[C@](C)(CC(=O)C=C(C)C)S3)CN(CCc1ccc(O)cc1)C2=O. The van der Waals surface area contributed by atoms with Crippen LogP contribution in [0.1, 0.15) is 60.7 Å². The van der Waals surface area contributed by atoms with Gasteiger partial charge in [-0.1, -0.05) is 17.7 Å². The molecule has 1 amide bonds. The van der Waals surface area contributed by atoms with Gasteiger partial charge in [-0.25, -0.2) is 0 Å². The molecule has 0 saturated heterocycles. The Labute approximate surface area is 199 Å². The quantitative estimate of drug-likeness (QED) is 0.561. The van der Waals surface area contributed by atoms with Crippen molar-refractivity contribution >= 4 is 23.5 Å². The second-order valence-electron chi connectivity index (χ2n) is 9.47. The van der Waals surface area contributed by atoms with E-state index < -0.39 is 0 Å². The zero-order chi connectivity index (χ0) is 23.8. The van der Waals surface area contributed by atoms with Crippen molar-refractivity contribution in [2.45, 2.75) is 62.6 Å². The van der Waals surface area contributed by atoms with Crippen molar-refractivity contribution in [1.82, 2.24) is 4.90 Å². The number of carbonyl (C=O) groups excluding carboxylic acids is 2. The summed E-state index contributed by atoms with van der Waals surface area (Å²) in [5.41, 5.74) is 5.02. The number of ketones is 1. The van der Waals surface area contributed by atoms with Crippen LogP contribution < -0.4 is 4.74 Å². The molecule has 2 aromatic rings. The van der Waals surface area contributed by atoms with E-state index in [1.54, 1.807) is 37.1 Å². The summed E-state index contributed by atoms with van der Waals surface area (Å²) in [6.07, 6.45) is 4.65. The number of carbonyl (C=O) groups is 2. The Morgan fingerprint density at radius 2 is 1.97 bits per heavy atom. The van der Waals surface area contributed by atoms with Crippen molar-refractivity contribution in [1.29, 1.82) is 0 Å². The first kappa shape index (κ1) is 23.4. The van der Waals surface area contributed by atoms with E-state index in [0.29, 0.717) is 25.1 Å². The molecule has 0 unspecified atom stereocenters. The normalized spacial score (nSPS) is 19.2. The predicted octanol–water partition coefficient (Wildman–Crippen LogP) is 5.32. The van der Waals surface area contributed by atoms with E-state index in [4.69, 9.17) is 4.74 Å². The molecule has 5 nitrogen and oxygen atoms in total. The number of benzene rings is 2. The lowest BCUT2D eigenvalue weighted by atomic mass is 9.92. The predicted molar refractivity (Wildman–Crippen MR) is 131 cm³/mol. The second-order valence-corrected chi connectivity index (χ2v) is 11.1. The van der Waals surface area contributed by atoms with Gasteiger partial charge < -0.3 is 14.7 Å². The van der Waals surface area contributed by atoms with Crippen LogP contribution in [-0.4, -0.2) is 40.1 Å². The number of amides is 1. The zero-order valence-corrected chi connectivity index (χ0v) is 20.6. The van der Waals surface area contributed by atoms with Gasteiger partial charge in [-0.3, -0.25) is 9.59 Å². The molecule has 0 aromatic heterocycles. The highest BCUT2D eigenvalue weighted by Gasteiger charge is 2.39. The maximum absolute atomic E-state index is 13.2. The van der Waals surface area contributed by atoms with Gasteiger partial charge in [0.15, 0.2) is 5.78 Å². The standard InChI is InChI=1S/C27H31NO4S/c1-17(2)13-20(30)15-27(3)11-9-21-24(32-4)14-22-23(25(21)33-27)16-28(26(22)31)12-10-18-5-7-19(29)8-6-18/h5-8,13-14,29H,9-12,15-16H2,1-4H3/t27-/m1/s1. The summed E-state index contributed by atoms with van der Waals surface area (Å²) in [4.78, 5) is 28.8. The summed E-state index contributed by atoms with van der Waals surface area (Å²) in [5.74, 6) is 1.19. The van der Waals surface area contributed by atoms with Crippen molar-refractivity contribution in [3.63, 3.8) is 0 Å². The first-order chi connectivity index (χ1) is 15.7. The largest absolute Gasteiger partial charge is 0.508 e. The molecule has 0 aliphatic carbocycles. The number of fused-ring (bicyclic) bond motifs is 3. The number of phenolic OH excluding ortho intramolecular Hbond substituents is 1. The molecule has 0 fully saturated rings. The molecule has 2 aliphatic heterocycles. The minimum atomic E-state index is -0.210. The number of aromatic hydroxyl groups is 1. The van der Waals surface area contributed by atoms with Crippen LogP contribution in [0.15, 0.2) is 46.9 Å². The minimum absolute atomic E-state index is 0.0263. The lowest BCUT2D eigenvalue weighted by Crippen LogP contribution is -2.28. The van der Waals surface area contributed by atoms with E-state index in [-0.39, 0.29) is 22.2 Å². The molecule has 2 aliphatic rings. The van der Waals surface area contributed by atoms with Gasteiger partial charge in [-0.05, 0) is 75.4 Å². The summed E-state index contributed by atoms with van der Waals surface area (Å²) in [5, 5.41) is 9.50. The Hall–Kier alpha value is -2.73. The fourth-order valence-corrected chi connectivity index (χ4v) is 6.24. The Bertz CT molecular complexity index is 1120. The van der Waals surface area contributed by atoms with Crippen LogP contribution in [0.3, 0.4) is 0 Å². The molecule has 0 radical (unpaired) electrons. The third kappa shape index (κ3) is 4.96. The van der Waals surface area contributed by atoms with Crippen LogP contribution in [0.5, 0.6) is 11.5 Å². The van der Waals surface area contributed by atoms with E-state index in [1.807, 2.05) is 36.9 Å². The smallest absolute Gasteiger partial charge is 0.254 e. The molecule has 0 spiro atoms. The van der Waals surface area contributed by atoms with Crippen molar-refractivity contribution in [2.75, 3.05) is 13.7 Å². The van der Waals surface area contributed by atoms with Gasteiger partial charge >= 0.3 is 0 Å². The van der Waals surface area contributed by atoms with Crippen LogP contribution in [0.25, 0.3) is 0 Å². The van der Waals surface area contributed by atoms with E-state index in [1.165, 1.54) is 0 Å². The van der Waals surface area contributed by atoms with Crippen molar-refractivity contribution < 1.29 is 19.4 Å². The number of ether oxygens (including phenoxy) is 1. The number of methoxy groups -OCH3 is 1. The third-order valence-corrected chi connectivity index (χ3v) is 7.93. The topological polar surface area (TPSA) is 66.8 Å². The van der Waals surface area contributed by atoms with Crippen LogP contribution in [0.2, 0.25) is 0 Å². The lowest BCUT2D eigenvalue weighted by Gasteiger charge is -2.35. The molecule has 0 bridgehead atoms. The molecule has 2 heterocycles. The number of thioether (sulfide) groups is 1. The Kier molecular flexibility index (Phi) is 6.57. The Morgan fingerprint density at radius 1 is 1.24 bits per heavy atom. The molecule has 1 N–H and O–H groups in total. The van der Waals surface area contributed by atoms with E-state index in [0.717, 1.165) is 52.2 Å². The van der Waals surface area contributed by atoms with Crippen molar-refractivity contribution in [3.8, 4) is 11.5 Å². The number of hydrogen-bond acceptors (Lipinski definition) is 5. The molecular weight excluding hydrogens is 434 g/mol. The summed E-state index contributed by atoms with van der Waals surface area (Å²) in [7, 11) is 1.65. The number of phenols is 1. The van der Waals surface area contributed by atoms with Gasteiger partial charge in [0.05, 0.1) is 7.11 Å². The average molecular weight is 466 g/mol. The van der Waals surface area contributed by atoms with Crippen LogP contribution >= 0.6 is 11.8 Å². The van der Waals surface area contributed by atoms with Gasteiger partial charge in [0.25, 0.3) is 5.91 Å². The van der Waals surface area contributed by atoms with Gasteiger partial charge in [0.1, 0.15) is 11.5 Å². The Morgan fingerprint density at radius 3 is 2.64 bits per heavy atom. The summed E-state index contributed by atoms with van der Waals surface area (Å²) < 4.78 is 5.47. The first-order valence-electron chi connectivity index (χ1n) is 11.4. The summed E-state index contributed by atoms with van der Waals surface area (Å²) in [6, 6.07) is 9.02. The first-order valence-corrected chi connectivity index (χ1v) is 12.2. The Balaban J connectivity index is 1.59. The lowest BCUT2D eigenvalue weighted by molar-refractivity contribution is -0.115. The fraction of sp³-hybridized carbons (Fsp3) is 0.407. The van der Waals surface area contributed by atoms with Crippen molar-refractivity contribution in [3.05, 3.63) is 64.2 Å². The monoisotopic (exact) mass is 465 g/mol. The van der Waals surface area contributed by atoms with Gasteiger partial charge in [0, 0.05) is 40.3 Å². The highest BCUT2D eigenvalue weighted by Crippen LogP contribution is 2.51. The number of allylic oxidation sites excluding steroid dienone is 2. The van der Waals surface area contributed by atoms with Gasteiger partial charge in [-0.15, -0.1) is 11.8 Å². The van der Waals surface area contributed by atoms with E-state index in [9.17, 15) is 14.7 Å². The van der Waals surface area contributed by atoms with Gasteiger partial charge in [-0.2, -0.15) is 0 Å². The summed E-state index contributed by atoms with van der Waals surface area (Å²) in [6.45, 7) is 7.22. The second kappa shape index (κ2) is 9.26. The number of nitrogens with zero attached hydrogens (tertiary/aromatic N) is 1. The van der Waals surface area contributed by atoms with E-state index in [2.05, 4.69) is 6.92 Å². The fourth-order valence-electron chi connectivity index (χ4n) is 4.70. The molecule has 33 heavy (non-hydrogen) atoms. The molecule has 1 atom stereocenters. The molecule has 174 valence electrons.